The molecule has 0 spiro atoms. The number of methoxy groups -OCH3 is 1. The number of ether oxygens (including phenoxy) is 1. The van der Waals surface area contributed by atoms with Gasteiger partial charge in [0.15, 0.2) is 0 Å². The molecule has 1 aromatic rings. The number of carbonyl (C=O) groups is 1. The summed E-state index contributed by atoms with van der Waals surface area (Å²) >= 11 is 0. The van der Waals surface area contributed by atoms with Crippen LogP contribution in [0.2, 0.25) is 0 Å². The van der Waals surface area contributed by atoms with Gasteiger partial charge in [-0.05, 0) is 46.8 Å². The van der Waals surface area contributed by atoms with E-state index in [1.165, 1.54) is 7.11 Å². The Labute approximate surface area is 190 Å². The molecule has 130 valence electrons. The SMILES string of the molecule is CCC(C)(C)c1cc(CCC(=O)OC)cc(C(C)(C)CC)c1[O-].[K+]. The summed E-state index contributed by atoms with van der Waals surface area (Å²) in [5.41, 5.74) is 2.43. The molecule has 0 saturated heterocycles. The maximum Gasteiger partial charge on any atom is 1.00 e. The number of hydrogen-bond donors (Lipinski definition) is 0. The van der Waals surface area contributed by atoms with E-state index in [0.717, 1.165) is 29.5 Å². The topological polar surface area (TPSA) is 49.4 Å². The molecule has 0 radical (unpaired) electrons. The van der Waals surface area contributed by atoms with Crippen molar-refractivity contribution in [1.29, 1.82) is 0 Å². The van der Waals surface area contributed by atoms with Crippen molar-refractivity contribution in [3.05, 3.63) is 28.8 Å². The molecule has 24 heavy (non-hydrogen) atoms. The van der Waals surface area contributed by atoms with Crippen LogP contribution in [0.5, 0.6) is 5.75 Å². The fraction of sp³-hybridized carbons (Fsp3) is 0.650. The van der Waals surface area contributed by atoms with Crippen molar-refractivity contribution in [3.63, 3.8) is 0 Å². The van der Waals surface area contributed by atoms with Gasteiger partial charge in [-0.25, -0.2) is 0 Å². The first kappa shape index (κ1) is 24.1. The Kier molecular flexibility index (Phi) is 9.77. The van der Waals surface area contributed by atoms with Crippen LogP contribution in [0.4, 0.5) is 0 Å². The van der Waals surface area contributed by atoms with Crippen LogP contribution in [0.3, 0.4) is 0 Å². The van der Waals surface area contributed by atoms with E-state index in [-0.39, 0.29) is 73.9 Å². The smallest absolute Gasteiger partial charge is 0.872 e. The fourth-order valence-corrected chi connectivity index (χ4v) is 2.57. The number of rotatable bonds is 7. The van der Waals surface area contributed by atoms with Crippen molar-refractivity contribution in [1.82, 2.24) is 0 Å². The van der Waals surface area contributed by atoms with Gasteiger partial charge in [-0.2, -0.15) is 0 Å². The van der Waals surface area contributed by atoms with E-state index in [4.69, 9.17) is 4.74 Å². The number of benzene rings is 1. The zero-order valence-electron chi connectivity index (χ0n) is 16.7. The van der Waals surface area contributed by atoms with E-state index in [2.05, 4.69) is 41.5 Å². The number of carbonyl (C=O) groups excluding carboxylic acids is 1. The largest absolute Gasteiger partial charge is 1.00 e. The summed E-state index contributed by atoms with van der Waals surface area (Å²) < 4.78 is 4.73. The molecule has 0 atom stereocenters. The Morgan fingerprint density at radius 3 is 1.79 bits per heavy atom. The minimum absolute atomic E-state index is 0. The molecule has 0 aliphatic carbocycles. The van der Waals surface area contributed by atoms with Crippen molar-refractivity contribution in [2.45, 2.75) is 78.1 Å². The summed E-state index contributed by atoms with van der Waals surface area (Å²) in [5, 5.41) is 13.0. The van der Waals surface area contributed by atoms with Gasteiger partial charge in [0.2, 0.25) is 0 Å². The Morgan fingerprint density at radius 2 is 1.46 bits per heavy atom. The molecule has 0 N–H and O–H groups in total. The molecule has 3 nitrogen and oxygen atoms in total. The van der Waals surface area contributed by atoms with E-state index in [0.29, 0.717) is 12.8 Å². The Morgan fingerprint density at radius 1 is 1.04 bits per heavy atom. The van der Waals surface area contributed by atoms with Gasteiger partial charge in [-0.1, -0.05) is 53.7 Å². The summed E-state index contributed by atoms with van der Waals surface area (Å²) in [6, 6.07) is 3.98. The van der Waals surface area contributed by atoms with Gasteiger partial charge < -0.3 is 9.84 Å². The van der Waals surface area contributed by atoms with Crippen LogP contribution < -0.4 is 56.5 Å². The standard InChI is InChI=1S/C20H32O3.K/c1-8-19(3,4)15-12-14(10-11-17(21)23-7)13-16(18(15)22)20(5,6)9-2;/h12-13,22H,8-11H2,1-7H3;/q;+1/p-1. The van der Waals surface area contributed by atoms with Crippen molar-refractivity contribution < 1.29 is 66.0 Å². The van der Waals surface area contributed by atoms with E-state index in [9.17, 15) is 9.90 Å². The van der Waals surface area contributed by atoms with Crippen LogP contribution in [0.15, 0.2) is 12.1 Å². The van der Waals surface area contributed by atoms with Gasteiger partial charge in [0.05, 0.1) is 7.11 Å². The van der Waals surface area contributed by atoms with Gasteiger partial charge >= 0.3 is 57.4 Å². The first-order valence-electron chi connectivity index (χ1n) is 8.50. The van der Waals surface area contributed by atoms with Crippen LogP contribution in [-0.2, 0) is 26.8 Å². The zero-order valence-corrected chi connectivity index (χ0v) is 19.8. The molecular formula is C20H31KO3. The van der Waals surface area contributed by atoms with Gasteiger partial charge in [-0.15, -0.1) is 5.75 Å². The average Bonchev–Trinajstić information content (AvgIpc) is 2.52. The Bertz CT molecular complexity index is 525. The predicted octanol–water partition coefficient (Wildman–Crippen LogP) is 1.25. The number of esters is 1. The molecule has 0 saturated carbocycles. The summed E-state index contributed by atoms with van der Waals surface area (Å²) in [6.45, 7) is 12.6. The Hall–Kier alpha value is 0.126. The summed E-state index contributed by atoms with van der Waals surface area (Å²) in [7, 11) is 1.40. The van der Waals surface area contributed by atoms with Crippen molar-refractivity contribution in [2.75, 3.05) is 7.11 Å². The molecule has 0 bridgehead atoms. The third kappa shape index (κ3) is 5.84. The average molecular weight is 359 g/mol. The van der Waals surface area contributed by atoms with Crippen LogP contribution in [0, 0.1) is 0 Å². The maximum atomic E-state index is 13.0. The number of hydrogen-bond acceptors (Lipinski definition) is 3. The van der Waals surface area contributed by atoms with Crippen LogP contribution >= 0.6 is 0 Å². The molecule has 0 aromatic heterocycles. The fourth-order valence-electron chi connectivity index (χ4n) is 2.57. The molecule has 4 heteroatoms. The first-order chi connectivity index (χ1) is 10.6. The zero-order chi connectivity index (χ0) is 17.8. The van der Waals surface area contributed by atoms with Crippen molar-refractivity contribution in [2.24, 2.45) is 0 Å². The third-order valence-corrected chi connectivity index (χ3v) is 5.22. The van der Waals surface area contributed by atoms with Gasteiger partial charge in [0.25, 0.3) is 0 Å². The van der Waals surface area contributed by atoms with E-state index in [1.807, 2.05) is 12.1 Å². The van der Waals surface area contributed by atoms with Crippen LogP contribution in [0.25, 0.3) is 0 Å². The second kappa shape index (κ2) is 9.72. The van der Waals surface area contributed by atoms with Crippen molar-refractivity contribution >= 4 is 5.97 Å². The molecule has 0 aliphatic heterocycles. The first-order valence-corrected chi connectivity index (χ1v) is 8.50. The van der Waals surface area contributed by atoms with Gasteiger partial charge in [-0.3, -0.25) is 4.79 Å². The van der Waals surface area contributed by atoms with E-state index >= 15 is 0 Å². The molecule has 1 rings (SSSR count). The quantitative estimate of drug-likeness (QED) is 0.544. The molecule has 0 unspecified atom stereocenters. The summed E-state index contributed by atoms with van der Waals surface area (Å²) in [6.07, 6.45) is 2.74. The normalized spacial score (nSPS) is 11.8. The van der Waals surface area contributed by atoms with Crippen LogP contribution in [0.1, 0.15) is 77.5 Å². The number of aryl methyl sites for hydroxylation is 1. The minimum atomic E-state index is -0.219. The van der Waals surface area contributed by atoms with E-state index < -0.39 is 0 Å². The second-order valence-corrected chi connectivity index (χ2v) is 7.57. The molecule has 0 fully saturated rings. The van der Waals surface area contributed by atoms with Crippen LogP contribution in [-0.4, -0.2) is 13.1 Å². The van der Waals surface area contributed by atoms with E-state index in [1.54, 1.807) is 0 Å². The van der Waals surface area contributed by atoms with Gasteiger partial charge in [0.1, 0.15) is 0 Å². The Balaban J connectivity index is 0.00000529. The molecular weight excluding hydrogens is 327 g/mol. The van der Waals surface area contributed by atoms with Gasteiger partial charge in [0, 0.05) is 6.42 Å². The monoisotopic (exact) mass is 358 g/mol. The molecule has 0 heterocycles. The van der Waals surface area contributed by atoms with Crippen molar-refractivity contribution in [3.8, 4) is 5.75 Å². The summed E-state index contributed by atoms with van der Waals surface area (Å²) in [5.74, 6) is -0.0608. The second-order valence-electron chi connectivity index (χ2n) is 7.57. The summed E-state index contributed by atoms with van der Waals surface area (Å²) in [4.78, 5) is 11.4. The third-order valence-electron chi connectivity index (χ3n) is 5.22. The molecule has 1 aromatic carbocycles. The maximum absolute atomic E-state index is 13.0. The minimum Gasteiger partial charge on any atom is -0.872 e. The predicted molar refractivity (Wildman–Crippen MR) is 92.9 cm³/mol. The molecule has 0 amide bonds. The molecule has 0 aliphatic rings.